The number of hydrogen-bond donors (Lipinski definition) is 2. The lowest BCUT2D eigenvalue weighted by Crippen LogP contribution is -2.12. The molecule has 0 bridgehead atoms. The zero-order valence-corrected chi connectivity index (χ0v) is 14.8. The van der Waals surface area contributed by atoms with E-state index in [0.717, 1.165) is 28.8 Å². The molecule has 9 heteroatoms. The van der Waals surface area contributed by atoms with E-state index >= 15 is 0 Å². The van der Waals surface area contributed by atoms with Crippen LogP contribution in [0.4, 0.5) is 5.13 Å². The monoisotopic (exact) mass is 375 g/mol. The minimum Gasteiger partial charge on any atom is -0.302 e. The molecular formula is C18H13N7OS. The zero-order valence-electron chi connectivity index (χ0n) is 14.0. The first-order chi connectivity index (χ1) is 13.2. The number of nitriles is 1. The van der Waals surface area contributed by atoms with Gasteiger partial charge in [-0.2, -0.15) is 10.4 Å². The number of amides is 1. The Morgan fingerprint density at radius 2 is 2.22 bits per heavy atom. The summed E-state index contributed by atoms with van der Waals surface area (Å²) >= 11 is 1.37. The molecule has 0 saturated heterocycles. The smallest absolute Gasteiger partial charge is 0.229 e. The number of nitrogens with one attached hydrogen (secondary N) is 2. The molecule has 1 aromatic carbocycles. The van der Waals surface area contributed by atoms with Crippen molar-refractivity contribution in [1.29, 1.82) is 5.26 Å². The van der Waals surface area contributed by atoms with E-state index in [0.29, 0.717) is 22.2 Å². The Labute approximate surface area is 157 Å². The number of imidazole rings is 1. The molecule has 0 atom stereocenters. The number of benzene rings is 1. The number of nitrogens with zero attached hydrogens (tertiary/aromatic N) is 5. The number of anilines is 1. The third kappa shape index (κ3) is 2.67. The molecule has 132 valence electrons. The van der Waals surface area contributed by atoms with Crippen LogP contribution in [0.5, 0.6) is 0 Å². The lowest BCUT2D eigenvalue weighted by atomic mass is 10.1. The first-order valence-electron chi connectivity index (χ1n) is 8.42. The van der Waals surface area contributed by atoms with Gasteiger partial charge in [-0.05, 0) is 18.9 Å². The van der Waals surface area contributed by atoms with Gasteiger partial charge >= 0.3 is 0 Å². The second-order valence-corrected chi connectivity index (χ2v) is 7.31. The van der Waals surface area contributed by atoms with Crippen LogP contribution in [0.15, 0.2) is 36.8 Å². The van der Waals surface area contributed by atoms with E-state index in [2.05, 4.69) is 31.6 Å². The van der Waals surface area contributed by atoms with Crippen molar-refractivity contribution in [2.75, 3.05) is 5.32 Å². The SMILES string of the molecule is N#Cc1ccccc1-c1cncn1-c1n[nH]c2nc(NC(=O)C3CC3)sc12. The summed E-state index contributed by atoms with van der Waals surface area (Å²) in [7, 11) is 0. The largest absolute Gasteiger partial charge is 0.302 e. The van der Waals surface area contributed by atoms with E-state index in [1.165, 1.54) is 11.3 Å². The number of aromatic nitrogens is 5. The summed E-state index contributed by atoms with van der Waals surface area (Å²) in [4.78, 5) is 20.6. The van der Waals surface area contributed by atoms with Crippen molar-refractivity contribution < 1.29 is 4.79 Å². The summed E-state index contributed by atoms with van der Waals surface area (Å²) in [5, 5.41) is 20.1. The van der Waals surface area contributed by atoms with Gasteiger partial charge < -0.3 is 5.32 Å². The van der Waals surface area contributed by atoms with Gasteiger partial charge in [-0.1, -0.05) is 29.5 Å². The second kappa shape index (κ2) is 6.03. The highest BCUT2D eigenvalue weighted by atomic mass is 32.1. The molecule has 1 aliphatic rings. The third-order valence-electron chi connectivity index (χ3n) is 4.47. The maximum atomic E-state index is 12.0. The molecule has 3 aromatic heterocycles. The fourth-order valence-electron chi connectivity index (χ4n) is 2.94. The quantitative estimate of drug-likeness (QED) is 0.569. The van der Waals surface area contributed by atoms with Crippen LogP contribution in [-0.2, 0) is 4.79 Å². The van der Waals surface area contributed by atoms with Crippen molar-refractivity contribution >= 4 is 32.7 Å². The van der Waals surface area contributed by atoms with Gasteiger partial charge in [0.25, 0.3) is 0 Å². The van der Waals surface area contributed by atoms with Crippen LogP contribution in [-0.4, -0.2) is 30.6 Å². The first kappa shape index (κ1) is 15.7. The van der Waals surface area contributed by atoms with Crippen LogP contribution in [0, 0.1) is 17.2 Å². The maximum absolute atomic E-state index is 12.0. The molecule has 8 nitrogen and oxygen atoms in total. The second-order valence-electron chi connectivity index (χ2n) is 6.31. The van der Waals surface area contributed by atoms with Crippen molar-refractivity contribution in [2.45, 2.75) is 12.8 Å². The predicted molar refractivity (Wildman–Crippen MR) is 100 cm³/mol. The molecule has 0 spiro atoms. The molecule has 0 radical (unpaired) electrons. The molecule has 1 fully saturated rings. The van der Waals surface area contributed by atoms with Crippen molar-refractivity contribution in [3.8, 4) is 23.1 Å². The third-order valence-corrected chi connectivity index (χ3v) is 5.43. The number of fused-ring (bicyclic) bond motifs is 1. The molecule has 2 N–H and O–H groups in total. The number of aromatic amines is 1. The van der Waals surface area contributed by atoms with Gasteiger partial charge in [-0.15, -0.1) is 0 Å². The van der Waals surface area contributed by atoms with Crippen molar-refractivity contribution in [3.63, 3.8) is 0 Å². The molecule has 1 amide bonds. The lowest BCUT2D eigenvalue weighted by Gasteiger charge is -2.06. The molecule has 0 aliphatic heterocycles. The molecule has 1 saturated carbocycles. The van der Waals surface area contributed by atoms with Crippen LogP contribution < -0.4 is 5.32 Å². The van der Waals surface area contributed by atoms with Gasteiger partial charge in [0.15, 0.2) is 16.6 Å². The minimum atomic E-state index is 0.0205. The first-order valence-corrected chi connectivity index (χ1v) is 9.24. The average Bonchev–Trinajstić information content (AvgIpc) is 3.12. The zero-order chi connectivity index (χ0) is 18.4. The summed E-state index contributed by atoms with van der Waals surface area (Å²) < 4.78 is 2.63. The number of rotatable bonds is 4. The van der Waals surface area contributed by atoms with E-state index in [-0.39, 0.29) is 11.8 Å². The molecule has 0 unspecified atom stereocenters. The van der Waals surface area contributed by atoms with E-state index < -0.39 is 0 Å². The molecule has 4 aromatic rings. The minimum absolute atomic E-state index is 0.0205. The standard InChI is InChI=1S/C18H13N7OS/c19-7-11-3-1-2-4-12(11)13-8-20-9-25(13)16-14-15(23-24-16)21-18(27-14)22-17(26)10-5-6-10/h1-4,8-10H,5-6H2,(H2,21,22,23,24,26). The van der Waals surface area contributed by atoms with E-state index in [9.17, 15) is 10.1 Å². The van der Waals surface area contributed by atoms with E-state index in [1.807, 2.05) is 22.8 Å². The number of carbonyl (C=O) groups is 1. The Morgan fingerprint density at radius 3 is 3.04 bits per heavy atom. The highest BCUT2D eigenvalue weighted by Crippen LogP contribution is 2.34. The molecule has 27 heavy (non-hydrogen) atoms. The highest BCUT2D eigenvalue weighted by molar-refractivity contribution is 7.22. The van der Waals surface area contributed by atoms with Gasteiger partial charge in [-0.3, -0.25) is 14.5 Å². The Balaban J connectivity index is 1.57. The molecule has 1 aliphatic carbocycles. The average molecular weight is 375 g/mol. The summed E-state index contributed by atoms with van der Waals surface area (Å²) in [6, 6.07) is 9.56. The van der Waals surface area contributed by atoms with Crippen LogP contribution in [0.3, 0.4) is 0 Å². The Kier molecular flexibility index (Phi) is 3.51. The number of thiazole rings is 1. The van der Waals surface area contributed by atoms with Gasteiger partial charge in [0.05, 0.1) is 23.5 Å². The Morgan fingerprint density at radius 1 is 1.37 bits per heavy atom. The summed E-state index contributed by atoms with van der Waals surface area (Å²) in [6.45, 7) is 0. The fourth-order valence-corrected chi connectivity index (χ4v) is 3.85. The predicted octanol–water partition coefficient (Wildman–Crippen LogP) is 3.09. The highest BCUT2D eigenvalue weighted by Gasteiger charge is 2.30. The van der Waals surface area contributed by atoms with Crippen LogP contribution in [0.25, 0.3) is 27.4 Å². The molecule has 3 heterocycles. The van der Waals surface area contributed by atoms with E-state index in [4.69, 9.17) is 0 Å². The van der Waals surface area contributed by atoms with Crippen LogP contribution >= 0.6 is 11.3 Å². The van der Waals surface area contributed by atoms with Gasteiger partial charge in [0, 0.05) is 11.5 Å². The Bertz CT molecular complexity index is 1210. The Hall–Kier alpha value is -3.51. The lowest BCUT2D eigenvalue weighted by molar-refractivity contribution is -0.117. The van der Waals surface area contributed by atoms with Gasteiger partial charge in [0.1, 0.15) is 11.0 Å². The van der Waals surface area contributed by atoms with Crippen molar-refractivity contribution in [2.24, 2.45) is 5.92 Å². The summed E-state index contributed by atoms with van der Waals surface area (Å²) in [6.07, 6.45) is 5.24. The molecular weight excluding hydrogens is 362 g/mol. The topological polar surface area (TPSA) is 112 Å². The normalized spacial score (nSPS) is 13.6. The van der Waals surface area contributed by atoms with Crippen molar-refractivity contribution in [1.82, 2.24) is 24.7 Å². The van der Waals surface area contributed by atoms with E-state index in [1.54, 1.807) is 18.6 Å². The van der Waals surface area contributed by atoms with Crippen molar-refractivity contribution in [3.05, 3.63) is 42.4 Å². The van der Waals surface area contributed by atoms with Gasteiger partial charge in [-0.25, -0.2) is 9.97 Å². The van der Waals surface area contributed by atoms with Crippen LogP contribution in [0.2, 0.25) is 0 Å². The summed E-state index contributed by atoms with van der Waals surface area (Å²) in [5.74, 6) is 0.773. The van der Waals surface area contributed by atoms with Crippen LogP contribution in [0.1, 0.15) is 18.4 Å². The van der Waals surface area contributed by atoms with Gasteiger partial charge in [0.2, 0.25) is 5.91 Å². The number of hydrogen-bond acceptors (Lipinski definition) is 6. The fraction of sp³-hybridized carbons (Fsp3) is 0.167. The molecule has 5 rings (SSSR count). The summed E-state index contributed by atoms with van der Waals surface area (Å²) in [5.41, 5.74) is 2.71. The number of H-pyrrole nitrogens is 1. The number of carbonyl (C=O) groups excluding carboxylic acids is 1. The maximum Gasteiger partial charge on any atom is 0.229 e.